The molecule has 2 heterocycles. The predicted molar refractivity (Wildman–Crippen MR) is 87.7 cm³/mol. The highest BCUT2D eigenvalue weighted by molar-refractivity contribution is 9.13. The summed E-state index contributed by atoms with van der Waals surface area (Å²) in [5, 5.41) is 0. The number of thiophene rings is 1. The summed E-state index contributed by atoms with van der Waals surface area (Å²) in [6.45, 7) is 3.74. The number of nitrogens with zero attached hydrogens (tertiary/aromatic N) is 1. The van der Waals surface area contributed by atoms with E-state index in [0.717, 1.165) is 28.0 Å². The van der Waals surface area contributed by atoms with Gasteiger partial charge in [0.25, 0.3) is 0 Å². The van der Waals surface area contributed by atoms with Crippen molar-refractivity contribution in [3.63, 3.8) is 0 Å². The fraction of sp³-hybridized carbons (Fsp3) is 0.692. The maximum Gasteiger partial charge on any atom is 0.0843 e. The Kier molecular flexibility index (Phi) is 6.30. The molecular formula is C13H20Br2N2OS. The van der Waals surface area contributed by atoms with Crippen LogP contribution in [0.5, 0.6) is 0 Å². The van der Waals surface area contributed by atoms with Crippen LogP contribution in [0.25, 0.3) is 0 Å². The summed E-state index contributed by atoms with van der Waals surface area (Å²) in [6.07, 6.45) is 2.50. The van der Waals surface area contributed by atoms with Crippen LogP contribution in [0.4, 0.5) is 0 Å². The van der Waals surface area contributed by atoms with Crippen LogP contribution in [0.2, 0.25) is 0 Å². The molecule has 1 saturated heterocycles. The molecule has 3 nitrogen and oxygen atoms in total. The Morgan fingerprint density at radius 3 is 2.95 bits per heavy atom. The second kappa shape index (κ2) is 7.52. The summed E-state index contributed by atoms with van der Waals surface area (Å²) >= 11 is 8.90. The van der Waals surface area contributed by atoms with Gasteiger partial charge < -0.3 is 10.5 Å². The van der Waals surface area contributed by atoms with E-state index in [2.05, 4.69) is 42.8 Å². The van der Waals surface area contributed by atoms with E-state index in [1.165, 1.54) is 17.7 Å². The van der Waals surface area contributed by atoms with Crippen molar-refractivity contribution in [2.24, 2.45) is 11.7 Å². The molecule has 0 bridgehead atoms. The Bertz CT molecular complexity index is 392. The number of nitrogens with two attached hydrogens (primary N) is 1. The molecule has 1 aromatic rings. The second-order valence-corrected chi connectivity index (χ2v) is 8.24. The van der Waals surface area contributed by atoms with Gasteiger partial charge in [0.15, 0.2) is 0 Å². The van der Waals surface area contributed by atoms with Gasteiger partial charge in [-0.2, -0.15) is 0 Å². The fourth-order valence-electron chi connectivity index (χ4n) is 2.72. The van der Waals surface area contributed by atoms with Gasteiger partial charge in [-0.25, -0.2) is 0 Å². The molecule has 0 aromatic carbocycles. The smallest absolute Gasteiger partial charge is 0.0843 e. The minimum atomic E-state index is 0.326. The molecule has 2 N–H and O–H groups in total. The summed E-state index contributed by atoms with van der Waals surface area (Å²) in [4.78, 5) is 3.84. The number of rotatable bonds is 5. The zero-order chi connectivity index (χ0) is 13.8. The van der Waals surface area contributed by atoms with E-state index in [1.54, 1.807) is 18.4 Å². The maximum atomic E-state index is 6.02. The largest absolute Gasteiger partial charge is 0.384 e. The average Bonchev–Trinajstić information content (AvgIpc) is 2.71. The Hall–Kier alpha value is 0.540. The summed E-state index contributed by atoms with van der Waals surface area (Å²) in [7, 11) is 1.78. The first-order valence-electron chi connectivity index (χ1n) is 6.53. The van der Waals surface area contributed by atoms with Crippen molar-refractivity contribution < 1.29 is 4.74 Å². The highest BCUT2D eigenvalue weighted by atomic mass is 79.9. The van der Waals surface area contributed by atoms with Crippen molar-refractivity contribution in [3.8, 4) is 0 Å². The molecule has 0 aliphatic carbocycles. The third-order valence-electron chi connectivity index (χ3n) is 3.61. The molecule has 2 atom stereocenters. The molecule has 2 rings (SSSR count). The van der Waals surface area contributed by atoms with Crippen LogP contribution in [-0.4, -0.2) is 38.3 Å². The zero-order valence-corrected chi connectivity index (χ0v) is 15.1. The van der Waals surface area contributed by atoms with E-state index in [9.17, 15) is 0 Å². The number of likely N-dealkylation sites (tertiary alicyclic amines) is 1. The van der Waals surface area contributed by atoms with Crippen molar-refractivity contribution in [2.75, 3.05) is 33.4 Å². The van der Waals surface area contributed by atoms with E-state index in [1.807, 2.05) is 0 Å². The van der Waals surface area contributed by atoms with Crippen molar-refractivity contribution in [1.82, 2.24) is 4.90 Å². The fourth-order valence-corrected chi connectivity index (χ4v) is 4.96. The minimum absolute atomic E-state index is 0.326. The highest BCUT2D eigenvalue weighted by Gasteiger charge is 2.27. The lowest BCUT2D eigenvalue weighted by atomic mass is 9.97. The van der Waals surface area contributed by atoms with Gasteiger partial charge in [0.05, 0.1) is 16.4 Å². The number of methoxy groups -OCH3 is 1. The van der Waals surface area contributed by atoms with Gasteiger partial charge in [0.1, 0.15) is 0 Å². The molecule has 19 heavy (non-hydrogen) atoms. The van der Waals surface area contributed by atoms with E-state index in [0.29, 0.717) is 18.5 Å². The van der Waals surface area contributed by atoms with Gasteiger partial charge in [-0.1, -0.05) is 0 Å². The molecule has 1 fully saturated rings. The van der Waals surface area contributed by atoms with E-state index in [4.69, 9.17) is 10.5 Å². The lowest BCUT2D eigenvalue weighted by Crippen LogP contribution is -2.41. The lowest BCUT2D eigenvalue weighted by molar-refractivity contribution is 0.0705. The molecule has 0 radical (unpaired) electrons. The van der Waals surface area contributed by atoms with Crippen molar-refractivity contribution in [1.29, 1.82) is 0 Å². The van der Waals surface area contributed by atoms with Crippen molar-refractivity contribution >= 4 is 43.2 Å². The standard InChI is InChI=1S/C13H20Br2N2OS/c1-18-8-9-3-2-4-17(7-9)11(6-16)12-5-10(14)13(15)19-12/h5,9,11H,2-4,6-8,16H2,1H3. The second-order valence-electron chi connectivity index (χ2n) is 4.98. The highest BCUT2D eigenvalue weighted by Crippen LogP contribution is 2.38. The minimum Gasteiger partial charge on any atom is -0.384 e. The van der Waals surface area contributed by atoms with Crippen LogP contribution in [0.3, 0.4) is 0 Å². The first-order chi connectivity index (χ1) is 9.15. The monoisotopic (exact) mass is 410 g/mol. The number of hydrogen-bond acceptors (Lipinski definition) is 4. The number of piperidine rings is 1. The van der Waals surface area contributed by atoms with Crippen LogP contribution in [0.15, 0.2) is 14.3 Å². The average molecular weight is 412 g/mol. The number of hydrogen-bond donors (Lipinski definition) is 1. The van der Waals surface area contributed by atoms with Crippen LogP contribution in [-0.2, 0) is 4.74 Å². The van der Waals surface area contributed by atoms with Gasteiger partial charge >= 0.3 is 0 Å². The Labute approximate surface area is 135 Å². The van der Waals surface area contributed by atoms with Gasteiger partial charge in [0.2, 0.25) is 0 Å². The van der Waals surface area contributed by atoms with Gasteiger partial charge in [-0.15, -0.1) is 11.3 Å². The summed E-state index contributed by atoms with van der Waals surface area (Å²) < 4.78 is 7.57. The SMILES string of the molecule is COCC1CCCN(C(CN)c2cc(Br)c(Br)s2)C1. The third-order valence-corrected chi connectivity index (χ3v) is 6.97. The topological polar surface area (TPSA) is 38.5 Å². The summed E-state index contributed by atoms with van der Waals surface area (Å²) in [6, 6.07) is 2.51. The van der Waals surface area contributed by atoms with Crippen LogP contribution in [0.1, 0.15) is 23.8 Å². The quantitative estimate of drug-likeness (QED) is 0.803. The van der Waals surface area contributed by atoms with Crippen molar-refractivity contribution in [3.05, 3.63) is 19.2 Å². The van der Waals surface area contributed by atoms with Crippen LogP contribution >= 0.6 is 43.2 Å². The van der Waals surface area contributed by atoms with Gasteiger partial charge in [0, 0.05) is 29.5 Å². The Morgan fingerprint density at radius 1 is 1.58 bits per heavy atom. The van der Waals surface area contributed by atoms with E-state index in [-0.39, 0.29) is 0 Å². The Morgan fingerprint density at radius 2 is 2.37 bits per heavy atom. The molecule has 108 valence electrons. The number of halogens is 2. The van der Waals surface area contributed by atoms with Gasteiger partial charge in [-0.3, -0.25) is 4.90 Å². The Balaban J connectivity index is 2.08. The maximum absolute atomic E-state index is 6.02. The molecule has 1 aliphatic heterocycles. The number of ether oxygens (including phenoxy) is 1. The molecule has 1 aromatic heterocycles. The first-order valence-corrected chi connectivity index (χ1v) is 8.93. The van der Waals surface area contributed by atoms with Crippen LogP contribution in [0, 0.1) is 5.92 Å². The molecular weight excluding hydrogens is 392 g/mol. The van der Waals surface area contributed by atoms with E-state index < -0.39 is 0 Å². The molecule has 2 unspecified atom stereocenters. The first kappa shape index (κ1) is 15.9. The molecule has 0 spiro atoms. The normalized spacial score (nSPS) is 22.6. The third kappa shape index (κ3) is 4.02. The van der Waals surface area contributed by atoms with Gasteiger partial charge in [-0.05, 0) is 63.2 Å². The van der Waals surface area contributed by atoms with Crippen molar-refractivity contribution in [2.45, 2.75) is 18.9 Å². The van der Waals surface area contributed by atoms with E-state index >= 15 is 0 Å². The summed E-state index contributed by atoms with van der Waals surface area (Å²) in [5.74, 6) is 0.639. The molecule has 0 amide bonds. The molecule has 1 aliphatic rings. The molecule has 0 saturated carbocycles. The summed E-state index contributed by atoms with van der Waals surface area (Å²) in [5.41, 5.74) is 6.02. The zero-order valence-electron chi connectivity index (χ0n) is 11.1. The lowest BCUT2D eigenvalue weighted by Gasteiger charge is -2.37. The predicted octanol–water partition coefficient (Wildman–Crippen LogP) is 3.63. The molecule has 6 heteroatoms. The van der Waals surface area contributed by atoms with Crippen LogP contribution < -0.4 is 5.73 Å².